The molecular formula is C35H27F8NO2. The molecule has 0 fully saturated rings. The van der Waals surface area contributed by atoms with Crippen molar-refractivity contribution in [2.45, 2.75) is 40.3 Å². The van der Waals surface area contributed by atoms with Crippen molar-refractivity contribution in [1.82, 2.24) is 0 Å². The first-order chi connectivity index (χ1) is 21.5. The van der Waals surface area contributed by atoms with E-state index in [0.29, 0.717) is 18.3 Å². The molecule has 0 spiro atoms. The summed E-state index contributed by atoms with van der Waals surface area (Å²) >= 11 is 0. The number of anilines is 3. The third-order valence-electron chi connectivity index (χ3n) is 8.26. The topological polar surface area (TPSA) is 32.7 Å². The molecule has 1 atom stereocenters. The van der Waals surface area contributed by atoms with Gasteiger partial charge in [0.25, 0.3) is 0 Å². The van der Waals surface area contributed by atoms with E-state index < -0.39 is 68.7 Å². The zero-order chi connectivity index (χ0) is 33.9. The summed E-state index contributed by atoms with van der Waals surface area (Å²) in [6, 6.07) is 17.5. The van der Waals surface area contributed by atoms with Gasteiger partial charge in [0, 0.05) is 17.1 Å². The van der Waals surface area contributed by atoms with Gasteiger partial charge in [-0.3, -0.25) is 0 Å². The highest BCUT2D eigenvalue weighted by Gasteiger charge is 2.56. The number of benzene rings is 4. The van der Waals surface area contributed by atoms with Gasteiger partial charge in [-0.15, -0.1) is 0 Å². The molecule has 1 N–H and O–H groups in total. The van der Waals surface area contributed by atoms with Gasteiger partial charge in [-0.05, 0) is 94.8 Å². The van der Waals surface area contributed by atoms with Crippen LogP contribution in [0.3, 0.4) is 0 Å². The molecule has 4 aromatic rings. The minimum absolute atomic E-state index is 0.0385. The maximum Gasteiger partial charge on any atom is 0.205 e. The highest BCUT2D eigenvalue weighted by atomic mass is 19.2. The van der Waals surface area contributed by atoms with Crippen molar-refractivity contribution in [2.24, 2.45) is 5.41 Å². The molecule has 240 valence electrons. The number of hydrogen-bond acceptors (Lipinski definition) is 3. The molecule has 46 heavy (non-hydrogen) atoms. The second-order valence-corrected chi connectivity index (χ2v) is 11.6. The molecular weight excluding hydrogens is 618 g/mol. The molecule has 0 saturated carbocycles. The fourth-order valence-electron chi connectivity index (χ4n) is 5.20. The van der Waals surface area contributed by atoms with E-state index >= 15 is 26.3 Å². The summed E-state index contributed by atoms with van der Waals surface area (Å²) in [5.41, 5.74) is -5.78. The number of nitrogens with zero attached hydrogens (tertiary/aromatic N) is 1. The van der Waals surface area contributed by atoms with Gasteiger partial charge in [-0.25, -0.2) is 26.3 Å². The maximum absolute atomic E-state index is 15.3. The molecule has 1 aliphatic rings. The smallest absolute Gasteiger partial charge is 0.205 e. The van der Waals surface area contributed by atoms with Crippen LogP contribution in [0.2, 0.25) is 0 Å². The van der Waals surface area contributed by atoms with Gasteiger partial charge in [-0.2, -0.15) is 8.78 Å². The van der Waals surface area contributed by atoms with Crippen LogP contribution in [0.4, 0.5) is 52.2 Å². The van der Waals surface area contributed by atoms with Crippen molar-refractivity contribution in [3.8, 4) is 17.2 Å². The van der Waals surface area contributed by atoms with Crippen LogP contribution in [0.5, 0.6) is 17.2 Å². The van der Waals surface area contributed by atoms with Crippen LogP contribution >= 0.6 is 0 Å². The first-order valence-corrected chi connectivity index (χ1v) is 13.9. The van der Waals surface area contributed by atoms with E-state index in [9.17, 15) is 13.9 Å². The van der Waals surface area contributed by atoms with Crippen molar-refractivity contribution >= 4 is 22.6 Å². The predicted molar refractivity (Wildman–Crippen MR) is 159 cm³/mol. The van der Waals surface area contributed by atoms with E-state index in [2.05, 4.69) is 0 Å². The number of phenols is 1. The Bertz CT molecular complexity index is 1880. The number of rotatable bonds is 6. The van der Waals surface area contributed by atoms with Gasteiger partial charge in [0.05, 0.1) is 16.6 Å². The fraction of sp³-hybridized carbons (Fsp3) is 0.200. The maximum atomic E-state index is 15.3. The minimum Gasteiger partial charge on any atom is -0.508 e. The van der Waals surface area contributed by atoms with Crippen LogP contribution in [-0.2, 0) is 0 Å². The fourth-order valence-corrected chi connectivity index (χ4v) is 5.20. The second kappa shape index (κ2) is 11.5. The van der Waals surface area contributed by atoms with Gasteiger partial charge in [0.1, 0.15) is 23.2 Å². The molecule has 0 saturated heterocycles. The molecule has 1 unspecified atom stereocenters. The van der Waals surface area contributed by atoms with Crippen LogP contribution in [-0.4, -0.2) is 10.8 Å². The van der Waals surface area contributed by atoms with Gasteiger partial charge in [-0.1, -0.05) is 17.7 Å². The number of alkyl halides is 1. The lowest BCUT2D eigenvalue weighted by molar-refractivity contribution is 0.0525. The monoisotopic (exact) mass is 645 g/mol. The van der Waals surface area contributed by atoms with E-state index in [-0.39, 0.29) is 11.5 Å². The normalized spacial score (nSPS) is 17.8. The van der Waals surface area contributed by atoms with Gasteiger partial charge in [0.15, 0.2) is 23.1 Å². The lowest BCUT2D eigenvalue weighted by Gasteiger charge is -2.39. The molecule has 0 bridgehead atoms. The molecule has 0 amide bonds. The molecule has 3 nitrogen and oxygen atoms in total. The first-order valence-electron chi connectivity index (χ1n) is 13.9. The molecule has 11 heteroatoms. The van der Waals surface area contributed by atoms with Gasteiger partial charge >= 0.3 is 0 Å². The average molecular weight is 646 g/mol. The lowest BCUT2D eigenvalue weighted by atomic mass is 9.70. The molecule has 0 aromatic heterocycles. The van der Waals surface area contributed by atoms with Crippen LogP contribution in [0.15, 0.2) is 84.2 Å². The summed E-state index contributed by atoms with van der Waals surface area (Å²) in [5.74, 6) is -17.0. The number of halogens is 8. The summed E-state index contributed by atoms with van der Waals surface area (Å²) in [7, 11) is 0. The van der Waals surface area contributed by atoms with E-state index in [4.69, 9.17) is 4.74 Å². The largest absolute Gasteiger partial charge is 0.508 e. The lowest BCUT2D eigenvalue weighted by Crippen LogP contribution is -2.42. The SMILES string of the molecule is Cc1ccc(N(c2ccc(O)cc2)c2ccc(Oc3c(F)c(F)c(C4=C(F)C(C)(F)C(C)(C)C(F)=C4F)c(F)c3F)cc2)c(C)c1. The molecule has 4 aromatic carbocycles. The van der Waals surface area contributed by atoms with Crippen LogP contribution in [0.1, 0.15) is 37.5 Å². The Morgan fingerprint density at radius 2 is 1.20 bits per heavy atom. The standard InChI is InChI=1S/C35H27F8NO2/c1-17-6-15-23(18(2)16-17)44(19-7-11-21(45)12-8-19)20-9-13-22(14-10-20)46-31-29(39)26(36)24(27(37)30(31)40)25-28(38)33(42)34(3,4)35(5,43)32(25)41/h6-16,45H,1-5H3. The summed E-state index contributed by atoms with van der Waals surface area (Å²) < 4.78 is 126. The first kappa shape index (κ1) is 32.6. The second-order valence-electron chi connectivity index (χ2n) is 11.6. The van der Waals surface area contributed by atoms with E-state index in [0.717, 1.165) is 30.7 Å². The highest BCUT2D eigenvalue weighted by molar-refractivity contribution is 5.83. The predicted octanol–water partition coefficient (Wildman–Crippen LogP) is 11.4. The Morgan fingerprint density at radius 1 is 0.674 bits per heavy atom. The van der Waals surface area contributed by atoms with Crippen LogP contribution in [0, 0.1) is 42.5 Å². The molecule has 0 heterocycles. The molecule has 1 aliphatic carbocycles. The Labute approximate surface area is 259 Å². The van der Waals surface area contributed by atoms with Crippen molar-refractivity contribution in [2.75, 3.05) is 4.90 Å². The number of hydrogen-bond donors (Lipinski definition) is 1. The number of ether oxygens (including phenoxy) is 1. The highest BCUT2D eigenvalue weighted by Crippen LogP contribution is 2.56. The minimum atomic E-state index is -3.32. The van der Waals surface area contributed by atoms with Crippen LogP contribution in [0.25, 0.3) is 5.57 Å². The molecule has 5 rings (SSSR count). The summed E-state index contributed by atoms with van der Waals surface area (Å²) in [6.45, 7) is 5.98. The Balaban J connectivity index is 1.55. The summed E-state index contributed by atoms with van der Waals surface area (Å²) in [4.78, 5) is 1.82. The quantitative estimate of drug-likeness (QED) is 0.167. The van der Waals surface area contributed by atoms with Gasteiger partial charge in [0.2, 0.25) is 17.4 Å². The zero-order valence-electron chi connectivity index (χ0n) is 25.2. The average Bonchev–Trinajstić information content (AvgIpc) is 3.01. The number of aryl methyl sites for hydroxylation is 2. The van der Waals surface area contributed by atoms with Crippen molar-refractivity contribution in [3.05, 3.63) is 124 Å². The zero-order valence-corrected chi connectivity index (χ0v) is 25.2. The Hall–Kier alpha value is -4.80. The Morgan fingerprint density at radius 3 is 1.72 bits per heavy atom. The van der Waals surface area contributed by atoms with Crippen molar-refractivity contribution in [1.29, 1.82) is 0 Å². The number of phenolic OH excluding ortho intramolecular Hbond substituents is 1. The van der Waals surface area contributed by atoms with E-state index in [1.807, 2.05) is 36.9 Å². The molecule has 0 radical (unpaired) electrons. The van der Waals surface area contributed by atoms with Crippen molar-refractivity contribution < 1.29 is 45.0 Å². The van der Waals surface area contributed by atoms with Gasteiger partial charge < -0.3 is 14.7 Å². The molecule has 0 aliphatic heterocycles. The van der Waals surface area contributed by atoms with Crippen molar-refractivity contribution in [3.63, 3.8) is 0 Å². The number of allylic oxidation sites excluding steroid dienone is 4. The summed E-state index contributed by atoms with van der Waals surface area (Å²) in [6.07, 6.45) is 0. The number of aromatic hydroxyl groups is 1. The van der Waals surface area contributed by atoms with Crippen LogP contribution < -0.4 is 9.64 Å². The third-order valence-corrected chi connectivity index (χ3v) is 8.26. The summed E-state index contributed by atoms with van der Waals surface area (Å²) in [5, 5.41) is 9.78. The van der Waals surface area contributed by atoms with E-state index in [1.165, 1.54) is 36.4 Å². The third kappa shape index (κ3) is 5.17. The Kier molecular flexibility index (Phi) is 8.17. The van der Waals surface area contributed by atoms with E-state index in [1.54, 1.807) is 12.1 Å².